The second kappa shape index (κ2) is 8.41. The van der Waals surface area contributed by atoms with Gasteiger partial charge in [-0.3, -0.25) is 14.4 Å². The zero-order valence-electron chi connectivity index (χ0n) is 13.7. The van der Waals surface area contributed by atoms with Crippen molar-refractivity contribution in [2.24, 2.45) is 0 Å². The van der Waals surface area contributed by atoms with Gasteiger partial charge in [-0.05, 0) is 17.7 Å². The molecule has 0 saturated carbocycles. The highest BCUT2D eigenvalue weighted by atomic mass is 35.5. The number of piperazine rings is 1. The van der Waals surface area contributed by atoms with Crippen LogP contribution in [0.2, 0.25) is 15.1 Å². The monoisotopic (exact) mass is 400 g/mol. The van der Waals surface area contributed by atoms with Crippen molar-refractivity contribution in [3.05, 3.63) is 51.2 Å². The summed E-state index contributed by atoms with van der Waals surface area (Å²) >= 11 is 17.8. The lowest BCUT2D eigenvalue weighted by molar-refractivity contribution is -0.133. The summed E-state index contributed by atoms with van der Waals surface area (Å²) in [6, 6.07) is 5.71. The fourth-order valence-corrected chi connectivity index (χ4v) is 3.36. The molecule has 2 aromatic rings. The number of aryl methyl sites for hydroxylation is 1. The van der Waals surface area contributed by atoms with E-state index in [2.05, 4.69) is 10.00 Å². The predicted octanol–water partition coefficient (Wildman–Crippen LogP) is 3.58. The van der Waals surface area contributed by atoms with Gasteiger partial charge < -0.3 is 4.90 Å². The van der Waals surface area contributed by atoms with Gasteiger partial charge in [0.25, 0.3) is 0 Å². The van der Waals surface area contributed by atoms with Gasteiger partial charge in [-0.2, -0.15) is 5.10 Å². The standard InChI is InChI=1S/C17H19Cl3N4O/c18-14-10-21-24(12-14)4-3-17(25)23-7-5-22(6-8-23)11-13-1-2-15(19)16(20)9-13/h1-2,9-10,12H,3-8,11H2. The smallest absolute Gasteiger partial charge is 0.224 e. The summed E-state index contributed by atoms with van der Waals surface area (Å²) in [5, 5.41) is 5.82. The number of amides is 1. The number of carbonyl (C=O) groups excluding carboxylic acids is 1. The van der Waals surface area contributed by atoms with Crippen molar-refractivity contribution < 1.29 is 4.79 Å². The Morgan fingerprint density at radius 1 is 1.08 bits per heavy atom. The summed E-state index contributed by atoms with van der Waals surface area (Å²) in [6.45, 7) is 4.53. The van der Waals surface area contributed by atoms with E-state index in [-0.39, 0.29) is 5.91 Å². The molecule has 1 aromatic heterocycles. The van der Waals surface area contributed by atoms with Gasteiger partial charge in [0.15, 0.2) is 0 Å². The second-order valence-electron chi connectivity index (χ2n) is 6.08. The van der Waals surface area contributed by atoms with E-state index >= 15 is 0 Å². The number of hydrogen-bond donors (Lipinski definition) is 0. The molecule has 0 unspecified atom stereocenters. The lowest BCUT2D eigenvalue weighted by Crippen LogP contribution is -2.48. The number of carbonyl (C=O) groups is 1. The first-order valence-electron chi connectivity index (χ1n) is 8.13. The lowest BCUT2D eigenvalue weighted by atomic mass is 10.2. The van der Waals surface area contributed by atoms with Crippen molar-refractivity contribution in [1.82, 2.24) is 19.6 Å². The number of benzene rings is 1. The molecule has 25 heavy (non-hydrogen) atoms. The third-order valence-electron chi connectivity index (χ3n) is 4.27. The van der Waals surface area contributed by atoms with Crippen molar-refractivity contribution in [2.75, 3.05) is 26.2 Å². The highest BCUT2D eigenvalue weighted by molar-refractivity contribution is 6.42. The number of halogens is 3. The quantitative estimate of drug-likeness (QED) is 0.769. The Morgan fingerprint density at radius 2 is 1.84 bits per heavy atom. The minimum absolute atomic E-state index is 0.154. The summed E-state index contributed by atoms with van der Waals surface area (Å²) in [5.74, 6) is 0.154. The Hall–Kier alpha value is -1.27. The molecule has 0 spiro atoms. The lowest BCUT2D eigenvalue weighted by Gasteiger charge is -2.34. The molecule has 1 fully saturated rings. The van der Waals surface area contributed by atoms with E-state index in [1.165, 1.54) is 0 Å². The summed E-state index contributed by atoms with van der Waals surface area (Å²) in [6.07, 6.45) is 3.74. The third kappa shape index (κ3) is 5.11. The predicted molar refractivity (Wildman–Crippen MR) is 100 cm³/mol. The number of aromatic nitrogens is 2. The van der Waals surface area contributed by atoms with E-state index < -0.39 is 0 Å². The van der Waals surface area contributed by atoms with Gasteiger partial charge in [0.1, 0.15) is 0 Å². The first kappa shape index (κ1) is 18.5. The van der Waals surface area contributed by atoms with Crippen LogP contribution in [0.1, 0.15) is 12.0 Å². The highest BCUT2D eigenvalue weighted by Crippen LogP contribution is 2.23. The Bertz CT molecular complexity index is 741. The summed E-state index contributed by atoms with van der Waals surface area (Å²) < 4.78 is 1.70. The van der Waals surface area contributed by atoms with Crippen LogP contribution < -0.4 is 0 Å². The molecule has 0 N–H and O–H groups in total. The van der Waals surface area contributed by atoms with Gasteiger partial charge in [-0.15, -0.1) is 0 Å². The SMILES string of the molecule is O=C(CCn1cc(Cl)cn1)N1CCN(Cc2ccc(Cl)c(Cl)c2)CC1. The molecule has 8 heteroatoms. The maximum Gasteiger partial charge on any atom is 0.224 e. The van der Waals surface area contributed by atoms with Crippen molar-refractivity contribution in [1.29, 1.82) is 0 Å². The zero-order chi connectivity index (χ0) is 17.8. The summed E-state index contributed by atoms with van der Waals surface area (Å²) in [4.78, 5) is 16.6. The van der Waals surface area contributed by atoms with Gasteiger partial charge in [-0.25, -0.2) is 0 Å². The molecule has 3 rings (SSSR count). The molecule has 1 saturated heterocycles. The molecule has 1 aliphatic rings. The summed E-state index contributed by atoms with van der Waals surface area (Å²) in [7, 11) is 0. The maximum absolute atomic E-state index is 12.3. The van der Waals surface area contributed by atoms with E-state index in [9.17, 15) is 4.79 Å². The maximum atomic E-state index is 12.3. The van der Waals surface area contributed by atoms with Crippen molar-refractivity contribution in [3.8, 4) is 0 Å². The minimum atomic E-state index is 0.154. The van der Waals surface area contributed by atoms with Crippen LogP contribution in [0.5, 0.6) is 0 Å². The molecule has 5 nitrogen and oxygen atoms in total. The Balaban J connectivity index is 1.44. The molecule has 2 heterocycles. The molecule has 1 aliphatic heterocycles. The first-order valence-corrected chi connectivity index (χ1v) is 9.26. The number of nitrogens with zero attached hydrogens (tertiary/aromatic N) is 4. The molecule has 0 aliphatic carbocycles. The Labute approximate surface area is 162 Å². The molecule has 0 radical (unpaired) electrons. The molecule has 0 atom stereocenters. The average Bonchev–Trinajstić information content (AvgIpc) is 3.02. The topological polar surface area (TPSA) is 41.4 Å². The number of rotatable bonds is 5. The highest BCUT2D eigenvalue weighted by Gasteiger charge is 2.21. The first-order chi connectivity index (χ1) is 12.0. The molecule has 1 amide bonds. The van der Waals surface area contributed by atoms with E-state index in [0.717, 1.165) is 38.3 Å². The Morgan fingerprint density at radius 3 is 2.48 bits per heavy atom. The van der Waals surface area contributed by atoms with Gasteiger partial charge in [0.05, 0.1) is 21.3 Å². The number of hydrogen-bond acceptors (Lipinski definition) is 3. The normalized spacial score (nSPS) is 15.6. The minimum Gasteiger partial charge on any atom is -0.340 e. The van der Waals surface area contributed by atoms with Crippen molar-refractivity contribution in [3.63, 3.8) is 0 Å². The van der Waals surface area contributed by atoms with Crippen LogP contribution in [0.15, 0.2) is 30.6 Å². The van der Waals surface area contributed by atoms with Crippen LogP contribution in [-0.4, -0.2) is 51.7 Å². The van der Waals surface area contributed by atoms with Crippen LogP contribution in [0.25, 0.3) is 0 Å². The van der Waals surface area contributed by atoms with Crippen LogP contribution >= 0.6 is 34.8 Å². The van der Waals surface area contributed by atoms with Gasteiger partial charge in [-0.1, -0.05) is 40.9 Å². The van der Waals surface area contributed by atoms with Crippen molar-refractivity contribution in [2.45, 2.75) is 19.5 Å². The van der Waals surface area contributed by atoms with Crippen LogP contribution in [0.3, 0.4) is 0 Å². The van der Waals surface area contributed by atoms with Crippen LogP contribution in [0, 0.1) is 0 Å². The molecule has 0 bridgehead atoms. The van der Waals surface area contributed by atoms with Gasteiger partial charge >= 0.3 is 0 Å². The largest absolute Gasteiger partial charge is 0.340 e. The van der Waals surface area contributed by atoms with E-state index in [0.29, 0.717) is 28.0 Å². The summed E-state index contributed by atoms with van der Waals surface area (Å²) in [5.41, 5.74) is 1.13. The van der Waals surface area contributed by atoms with E-state index in [1.54, 1.807) is 17.1 Å². The van der Waals surface area contributed by atoms with Gasteiger partial charge in [0, 0.05) is 51.9 Å². The second-order valence-corrected chi connectivity index (χ2v) is 7.33. The van der Waals surface area contributed by atoms with Gasteiger partial charge in [0.2, 0.25) is 5.91 Å². The van der Waals surface area contributed by atoms with Crippen LogP contribution in [-0.2, 0) is 17.9 Å². The fourth-order valence-electron chi connectivity index (χ4n) is 2.88. The third-order valence-corrected chi connectivity index (χ3v) is 5.21. The average molecular weight is 402 g/mol. The van der Waals surface area contributed by atoms with Crippen molar-refractivity contribution >= 4 is 40.7 Å². The molecular weight excluding hydrogens is 383 g/mol. The zero-order valence-corrected chi connectivity index (χ0v) is 15.9. The Kier molecular flexibility index (Phi) is 6.23. The molecule has 134 valence electrons. The molecule has 1 aromatic carbocycles. The molecular formula is C17H19Cl3N4O. The van der Waals surface area contributed by atoms with E-state index in [1.807, 2.05) is 23.1 Å². The van der Waals surface area contributed by atoms with Crippen LogP contribution in [0.4, 0.5) is 0 Å². The fraction of sp³-hybridized carbons (Fsp3) is 0.412. The van der Waals surface area contributed by atoms with E-state index in [4.69, 9.17) is 34.8 Å².